The van der Waals surface area contributed by atoms with Crippen LogP contribution in [0.5, 0.6) is 0 Å². The number of aromatic carboxylic acids is 1. The molecule has 2 N–H and O–H groups in total. The molecule has 0 bridgehead atoms. The molecule has 0 aliphatic carbocycles. The molecule has 1 aromatic carbocycles. The molecule has 0 fully saturated rings. The zero-order valence-electron chi connectivity index (χ0n) is 9.60. The van der Waals surface area contributed by atoms with Gasteiger partial charge in [0.1, 0.15) is 5.69 Å². The number of aryl methyl sites for hydroxylation is 1. The molecule has 0 saturated carbocycles. The van der Waals surface area contributed by atoms with E-state index in [1.165, 1.54) is 6.07 Å². The van der Waals surface area contributed by atoms with Crippen LogP contribution in [-0.2, 0) is 0 Å². The van der Waals surface area contributed by atoms with Gasteiger partial charge in [0.15, 0.2) is 0 Å². The van der Waals surface area contributed by atoms with E-state index in [0.717, 1.165) is 22.2 Å². The minimum Gasteiger partial charge on any atom is -0.475 e. The number of fused-ring (bicyclic) bond motifs is 1. The summed E-state index contributed by atoms with van der Waals surface area (Å²) in [6.07, 6.45) is 0. The van der Waals surface area contributed by atoms with Gasteiger partial charge >= 0.3 is 5.97 Å². The summed E-state index contributed by atoms with van der Waals surface area (Å²) in [5.74, 6) is -1.28. The van der Waals surface area contributed by atoms with Crippen molar-refractivity contribution in [2.75, 3.05) is 0 Å². The van der Waals surface area contributed by atoms with Gasteiger partial charge < -0.3 is 14.6 Å². The molecule has 90 valence electrons. The number of carboxylic acid groups (broad SMARTS) is 1. The molecule has 2 heterocycles. The number of H-pyrrole nitrogens is 1. The molecule has 5 nitrogen and oxygen atoms in total. The Bertz CT molecular complexity index is 740. The first-order valence-corrected chi connectivity index (χ1v) is 5.44. The third-order valence-electron chi connectivity index (χ3n) is 2.87. The summed E-state index contributed by atoms with van der Waals surface area (Å²) in [4.78, 5) is 14.0. The van der Waals surface area contributed by atoms with Gasteiger partial charge in [-0.1, -0.05) is 23.4 Å². The molecule has 2 aromatic heterocycles. The number of rotatable bonds is 2. The minimum atomic E-state index is -1.12. The van der Waals surface area contributed by atoms with Crippen molar-refractivity contribution in [3.63, 3.8) is 0 Å². The Labute approximate surface area is 102 Å². The summed E-state index contributed by atoms with van der Waals surface area (Å²) in [5.41, 5.74) is 3.33. The highest BCUT2D eigenvalue weighted by Crippen LogP contribution is 2.31. The third kappa shape index (κ3) is 1.48. The van der Waals surface area contributed by atoms with Crippen LogP contribution in [0, 0.1) is 6.92 Å². The second-order valence-corrected chi connectivity index (χ2v) is 4.05. The number of para-hydroxylation sites is 1. The summed E-state index contributed by atoms with van der Waals surface area (Å²) < 4.78 is 4.79. The largest absolute Gasteiger partial charge is 0.475 e. The van der Waals surface area contributed by atoms with Crippen LogP contribution in [-0.4, -0.2) is 21.2 Å². The normalized spacial score (nSPS) is 10.9. The summed E-state index contributed by atoms with van der Waals surface area (Å²) in [5, 5.41) is 13.7. The number of hydrogen-bond donors (Lipinski definition) is 2. The molecular formula is C13H10N2O3. The maximum absolute atomic E-state index is 10.8. The first kappa shape index (κ1) is 10.6. The van der Waals surface area contributed by atoms with Crippen molar-refractivity contribution in [3.8, 4) is 11.3 Å². The Morgan fingerprint density at radius 1 is 1.39 bits per heavy atom. The fraction of sp³-hybridized carbons (Fsp3) is 0.0769. The van der Waals surface area contributed by atoms with E-state index >= 15 is 0 Å². The molecule has 0 aliphatic rings. The topological polar surface area (TPSA) is 79.1 Å². The number of benzene rings is 1. The van der Waals surface area contributed by atoms with Crippen molar-refractivity contribution in [2.24, 2.45) is 0 Å². The quantitative estimate of drug-likeness (QED) is 0.724. The number of aromatic nitrogens is 2. The van der Waals surface area contributed by atoms with Crippen LogP contribution in [0.1, 0.15) is 16.2 Å². The van der Waals surface area contributed by atoms with Crippen LogP contribution in [0.4, 0.5) is 0 Å². The van der Waals surface area contributed by atoms with Gasteiger partial charge in [0.25, 0.3) is 0 Å². The van der Waals surface area contributed by atoms with Crippen LogP contribution in [0.2, 0.25) is 0 Å². The van der Waals surface area contributed by atoms with E-state index in [0.29, 0.717) is 5.69 Å². The van der Waals surface area contributed by atoms with E-state index in [1.807, 2.05) is 31.2 Å². The molecule has 0 saturated heterocycles. The van der Waals surface area contributed by atoms with Gasteiger partial charge in [0.05, 0.1) is 0 Å². The van der Waals surface area contributed by atoms with E-state index in [4.69, 9.17) is 9.63 Å². The fourth-order valence-corrected chi connectivity index (χ4v) is 2.10. The monoisotopic (exact) mass is 242 g/mol. The first-order valence-electron chi connectivity index (χ1n) is 5.44. The molecule has 18 heavy (non-hydrogen) atoms. The van der Waals surface area contributed by atoms with E-state index in [1.54, 1.807) is 0 Å². The van der Waals surface area contributed by atoms with Gasteiger partial charge in [-0.3, -0.25) is 0 Å². The van der Waals surface area contributed by atoms with Gasteiger partial charge in [-0.25, -0.2) is 4.79 Å². The Hall–Kier alpha value is -2.56. The highest BCUT2D eigenvalue weighted by molar-refractivity contribution is 5.97. The van der Waals surface area contributed by atoms with Crippen molar-refractivity contribution in [1.82, 2.24) is 10.1 Å². The maximum atomic E-state index is 10.8. The molecule has 0 spiro atoms. The summed E-state index contributed by atoms with van der Waals surface area (Å²) in [6, 6.07) is 9.23. The molecule has 3 rings (SSSR count). The van der Waals surface area contributed by atoms with Gasteiger partial charge in [0.2, 0.25) is 5.76 Å². The van der Waals surface area contributed by atoms with Gasteiger partial charge in [-0.2, -0.15) is 0 Å². The molecule has 0 radical (unpaired) electrons. The van der Waals surface area contributed by atoms with E-state index in [2.05, 4.69) is 10.1 Å². The zero-order valence-corrected chi connectivity index (χ0v) is 9.60. The lowest BCUT2D eigenvalue weighted by Crippen LogP contribution is -1.91. The van der Waals surface area contributed by atoms with Crippen LogP contribution < -0.4 is 0 Å². The van der Waals surface area contributed by atoms with Crippen LogP contribution in [0.3, 0.4) is 0 Å². The average Bonchev–Trinajstić information content (AvgIpc) is 2.91. The van der Waals surface area contributed by atoms with Gasteiger partial charge in [-0.15, -0.1) is 0 Å². The lowest BCUT2D eigenvalue weighted by atomic mass is 10.1. The second-order valence-electron chi connectivity index (χ2n) is 4.05. The molecule has 5 heteroatoms. The van der Waals surface area contributed by atoms with Crippen molar-refractivity contribution in [3.05, 3.63) is 41.8 Å². The van der Waals surface area contributed by atoms with E-state index in [9.17, 15) is 4.79 Å². The highest BCUT2D eigenvalue weighted by Gasteiger charge is 2.17. The maximum Gasteiger partial charge on any atom is 0.374 e. The SMILES string of the molecule is Cc1[nH]c2ccccc2c1-c1cc(C(=O)O)on1. The highest BCUT2D eigenvalue weighted by atomic mass is 16.5. The smallest absolute Gasteiger partial charge is 0.374 e. The van der Waals surface area contributed by atoms with Crippen LogP contribution >= 0.6 is 0 Å². The number of nitrogens with zero attached hydrogens (tertiary/aromatic N) is 1. The lowest BCUT2D eigenvalue weighted by Gasteiger charge is -1.94. The van der Waals surface area contributed by atoms with Crippen LogP contribution in [0.15, 0.2) is 34.9 Å². The molecule has 0 unspecified atom stereocenters. The lowest BCUT2D eigenvalue weighted by molar-refractivity contribution is 0.0652. The molecule has 0 atom stereocenters. The van der Waals surface area contributed by atoms with Crippen LogP contribution in [0.25, 0.3) is 22.2 Å². The number of nitrogens with one attached hydrogen (secondary N) is 1. The predicted molar refractivity (Wildman–Crippen MR) is 65.5 cm³/mol. The zero-order chi connectivity index (χ0) is 12.7. The van der Waals surface area contributed by atoms with Crippen molar-refractivity contribution >= 4 is 16.9 Å². The number of aromatic amines is 1. The van der Waals surface area contributed by atoms with Crippen molar-refractivity contribution < 1.29 is 14.4 Å². The number of carbonyl (C=O) groups is 1. The average molecular weight is 242 g/mol. The summed E-state index contributed by atoms with van der Waals surface area (Å²) in [7, 11) is 0. The standard InChI is InChI=1S/C13H10N2O3/c1-7-12(8-4-2-3-5-9(8)14-7)10-6-11(13(16)17)18-15-10/h2-6,14H,1H3,(H,16,17). The van der Waals surface area contributed by atoms with Crippen molar-refractivity contribution in [2.45, 2.75) is 6.92 Å². The number of carboxylic acids is 1. The first-order chi connectivity index (χ1) is 8.66. The Morgan fingerprint density at radius 3 is 2.89 bits per heavy atom. The minimum absolute atomic E-state index is 0.158. The Morgan fingerprint density at radius 2 is 2.17 bits per heavy atom. The van der Waals surface area contributed by atoms with Gasteiger partial charge in [0, 0.05) is 28.2 Å². The predicted octanol–water partition coefficient (Wildman–Crippen LogP) is 2.83. The Balaban J connectivity index is 2.24. The van der Waals surface area contributed by atoms with Crippen molar-refractivity contribution in [1.29, 1.82) is 0 Å². The second kappa shape index (κ2) is 3.73. The summed E-state index contributed by atoms with van der Waals surface area (Å²) >= 11 is 0. The fourth-order valence-electron chi connectivity index (χ4n) is 2.10. The third-order valence-corrected chi connectivity index (χ3v) is 2.87. The molecule has 0 amide bonds. The summed E-state index contributed by atoms with van der Waals surface area (Å²) in [6.45, 7) is 1.92. The van der Waals surface area contributed by atoms with Gasteiger partial charge in [-0.05, 0) is 13.0 Å². The molecule has 0 aliphatic heterocycles. The van der Waals surface area contributed by atoms with E-state index < -0.39 is 5.97 Å². The Kier molecular flexibility index (Phi) is 2.19. The number of hydrogen-bond acceptors (Lipinski definition) is 3. The molecule has 3 aromatic rings. The molecular weight excluding hydrogens is 232 g/mol. The van der Waals surface area contributed by atoms with E-state index in [-0.39, 0.29) is 5.76 Å².